The first-order valence-electron chi connectivity index (χ1n) is 7.34. The molecule has 0 aliphatic carbocycles. The zero-order valence-electron chi connectivity index (χ0n) is 12.8. The lowest BCUT2D eigenvalue weighted by molar-refractivity contribution is 0.441. The van der Waals surface area contributed by atoms with Gasteiger partial charge < -0.3 is 10.5 Å². The average molecular weight is 287 g/mol. The molecule has 0 aromatic heterocycles. The summed E-state index contributed by atoms with van der Waals surface area (Å²) >= 11 is 0. The van der Waals surface area contributed by atoms with E-state index in [0.29, 0.717) is 11.7 Å². The fourth-order valence-electron chi connectivity index (χ4n) is 2.11. The van der Waals surface area contributed by atoms with Crippen molar-refractivity contribution in [1.29, 1.82) is 0 Å². The van der Waals surface area contributed by atoms with Crippen molar-refractivity contribution in [3.8, 4) is 11.5 Å². The predicted molar refractivity (Wildman–Crippen MR) is 84.2 cm³/mol. The van der Waals surface area contributed by atoms with Crippen molar-refractivity contribution in [3.63, 3.8) is 0 Å². The van der Waals surface area contributed by atoms with E-state index in [9.17, 15) is 4.39 Å². The highest BCUT2D eigenvalue weighted by molar-refractivity contribution is 5.36. The van der Waals surface area contributed by atoms with Gasteiger partial charge in [0.25, 0.3) is 0 Å². The molecule has 112 valence electrons. The van der Waals surface area contributed by atoms with Gasteiger partial charge in [0.1, 0.15) is 5.75 Å². The highest BCUT2D eigenvalue weighted by Gasteiger charge is 2.09. The van der Waals surface area contributed by atoms with Crippen LogP contribution >= 0.6 is 0 Å². The second-order valence-electron chi connectivity index (χ2n) is 5.46. The third-order valence-electron chi connectivity index (χ3n) is 3.77. The Kier molecular flexibility index (Phi) is 4.97. The molecule has 3 heteroatoms. The van der Waals surface area contributed by atoms with Crippen LogP contribution in [0.15, 0.2) is 42.5 Å². The average Bonchev–Trinajstić information content (AvgIpc) is 2.49. The quantitative estimate of drug-likeness (QED) is 0.825. The van der Waals surface area contributed by atoms with E-state index in [1.54, 1.807) is 12.1 Å². The number of rotatable bonds is 5. The van der Waals surface area contributed by atoms with Gasteiger partial charge in [-0.1, -0.05) is 32.0 Å². The summed E-state index contributed by atoms with van der Waals surface area (Å²) in [5.41, 5.74) is 7.75. The highest BCUT2D eigenvalue weighted by atomic mass is 19.1. The van der Waals surface area contributed by atoms with Crippen molar-refractivity contribution in [2.24, 2.45) is 5.73 Å². The van der Waals surface area contributed by atoms with Gasteiger partial charge in [-0.05, 0) is 54.7 Å². The molecule has 0 heterocycles. The van der Waals surface area contributed by atoms with Crippen molar-refractivity contribution in [2.75, 3.05) is 0 Å². The summed E-state index contributed by atoms with van der Waals surface area (Å²) in [5, 5.41) is 0. The van der Waals surface area contributed by atoms with Crippen LogP contribution in [-0.2, 0) is 0 Å². The molecule has 0 aliphatic heterocycles. The van der Waals surface area contributed by atoms with Gasteiger partial charge in [-0.3, -0.25) is 0 Å². The number of ether oxygens (including phenoxy) is 1. The first kappa shape index (κ1) is 15.5. The molecule has 0 radical (unpaired) electrons. The summed E-state index contributed by atoms with van der Waals surface area (Å²) in [6.07, 6.45) is 1.09. The van der Waals surface area contributed by atoms with E-state index in [0.717, 1.165) is 12.0 Å². The largest absolute Gasteiger partial charge is 0.454 e. The van der Waals surface area contributed by atoms with Crippen molar-refractivity contribution in [2.45, 2.75) is 39.2 Å². The van der Waals surface area contributed by atoms with Crippen LogP contribution in [0.5, 0.6) is 11.5 Å². The predicted octanol–water partition coefficient (Wildman–Crippen LogP) is 5.15. The van der Waals surface area contributed by atoms with Gasteiger partial charge in [0, 0.05) is 6.04 Å². The van der Waals surface area contributed by atoms with Crippen LogP contribution in [0.2, 0.25) is 0 Å². The van der Waals surface area contributed by atoms with Gasteiger partial charge in [0.2, 0.25) is 0 Å². The number of halogens is 1. The molecular formula is C18H22FNO. The molecule has 0 fully saturated rings. The standard InChI is InChI=1S/C18H22FNO/c1-4-12(2)14-5-8-16(9-6-14)21-18-10-7-15(13(3)20)11-17(18)19/h5-13H,4,20H2,1-3H3. The minimum atomic E-state index is -0.393. The number of hydrogen-bond acceptors (Lipinski definition) is 2. The summed E-state index contributed by atoms with van der Waals surface area (Å²) < 4.78 is 19.6. The van der Waals surface area contributed by atoms with E-state index in [1.807, 2.05) is 31.2 Å². The summed E-state index contributed by atoms with van der Waals surface area (Å²) in [6, 6.07) is 12.4. The first-order valence-corrected chi connectivity index (χ1v) is 7.34. The molecule has 2 unspecified atom stereocenters. The molecule has 2 aromatic rings. The lowest BCUT2D eigenvalue weighted by Crippen LogP contribution is -2.05. The van der Waals surface area contributed by atoms with Crippen molar-refractivity contribution < 1.29 is 9.13 Å². The Morgan fingerprint density at radius 1 is 1.05 bits per heavy atom. The molecule has 0 spiro atoms. The molecule has 0 saturated heterocycles. The molecule has 0 amide bonds. The van der Waals surface area contributed by atoms with Crippen LogP contribution in [0.4, 0.5) is 4.39 Å². The maximum atomic E-state index is 14.0. The van der Waals surface area contributed by atoms with Gasteiger partial charge in [0.05, 0.1) is 0 Å². The number of hydrogen-bond donors (Lipinski definition) is 1. The van der Waals surface area contributed by atoms with Crippen molar-refractivity contribution in [1.82, 2.24) is 0 Å². The fourth-order valence-corrected chi connectivity index (χ4v) is 2.11. The van der Waals surface area contributed by atoms with E-state index in [-0.39, 0.29) is 11.8 Å². The summed E-state index contributed by atoms with van der Waals surface area (Å²) in [6.45, 7) is 6.16. The topological polar surface area (TPSA) is 35.2 Å². The van der Waals surface area contributed by atoms with Gasteiger partial charge in [-0.15, -0.1) is 0 Å². The van der Waals surface area contributed by atoms with E-state index in [4.69, 9.17) is 10.5 Å². The van der Waals surface area contributed by atoms with Gasteiger partial charge in [0.15, 0.2) is 11.6 Å². The van der Waals surface area contributed by atoms with Crippen LogP contribution < -0.4 is 10.5 Å². The normalized spacial score (nSPS) is 13.8. The van der Waals surface area contributed by atoms with Crippen LogP contribution in [0.1, 0.15) is 50.3 Å². The SMILES string of the molecule is CCC(C)c1ccc(Oc2ccc(C(C)N)cc2F)cc1. The number of benzene rings is 2. The second-order valence-corrected chi connectivity index (χ2v) is 5.46. The molecule has 0 saturated carbocycles. The lowest BCUT2D eigenvalue weighted by Gasteiger charge is -2.12. The molecule has 2 nitrogen and oxygen atoms in total. The molecule has 2 N–H and O–H groups in total. The Hall–Kier alpha value is -1.87. The second kappa shape index (κ2) is 6.72. The van der Waals surface area contributed by atoms with Crippen molar-refractivity contribution in [3.05, 3.63) is 59.4 Å². The maximum absolute atomic E-state index is 14.0. The molecule has 2 rings (SSSR count). The van der Waals surface area contributed by atoms with E-state index < -0.39 is 5.82 Å². The maximum Gasteiger partial charge on any atom is 0.166 e. The Labute approximate surface area is 125 Å². The summed E-state index contributed by atoms with van der Waals surface area (Å²) in [7, 11) is 0. The summed E-state index contributed by atoms with van der Waals surface area (Å²) in [4.78, 5) is 0. The van der Waals surface area contributed by atoms with Crippen LogP contribution in [0, 0.1) is 5.82 Å². The Morgan fingerprint density at radius 2 is 1.67 bits per heavy atom. The van der Waals surface area contributed by atoms with Crippen molar-refractivity contribution >= 4 is 0 Å². The molecule has 2 aromatic carbocycles. The Morgan fingerprint density at radius 3 is 2.19 bits per heavy atom. The van der Waals surface area contributed by atoms with Crippen LogP contribution in [0.25, 0.3) is 0 Å². The number of nitrogens with two attached hydrogens (primary N) is 1. The lowest BCUT2D eigenvalue weighted by atomic mass is 9.99. The monoisotopic (exact) mass is 287 g/mol. The van der Waals surface area contributed by atoms with Crippen LogP contribution in [0.3, 0.4) is 0 Å². The zero-order valence-corrected chi connectivity index (χ0v) is 12.8. The van der Waals surface area contributed by atoms with E-state index in [2.05, 4.69) is 13.8 Å². The molecule has 0 bridgehead atoms. The minimum absolute atomic E-state index is 0.191. The zero-order chi connectivity index (χ0) is 15.4. The van der Waals surface area contributed by atoms with Gasteiger partial charge in [-0.2, -0.15) is 0 Å². The van der Waals surface area contributed by atoms with Gasteiger partial charge >= 0.3 is 0 Å². The molecular weight excluding hydrogens is 265 g/mol. The molecule has 21 heavy (non-hydrogen) atoms. The minimum Gasteiger partial charge on any atom is -0.454 e. The van der Waals surface area contributed by atoms with E-state index >= 15 is 0 Å². The highest BCUT2D eigenvalue weighted by Crippen LogP contribution is 2.28. The third kappa shape index (κ3) is 3.82. The van der Waals surface area contributed by atoms with E-state index in [1.165, 1.54) is 11.6 Å². The fraction of sp³-hybridized carbons (Fsp3) is 0.333. The molecule has 2 atom stereocenters. The Bertz CT molecular complexity index is 593. The molecule has 0 aliphatic rings. The summed E-state index contributed by atoms with van der Waals surface area (Å²) in [5.74, 6) is 0.974. The van der Waals surface area contributed by atoms with Gasteiger partial charge in [-0.25, -0.2) is 4.39 Å². The van der Waals surface area contributed by atoms with Crippen LogP contribution in [-0.4, -0.2) is 0 Å². The third-order valence-corrected chi connectivity index (χ3v) is 3.77. The first-order chi connectivity index (χ1) is 10.0. The Balaban J connectivity index is 2.15. The smallest absolute Gasteiger partial charge is 0.166 e.